The Balaban J connectivity index is 2.11. The first-order chi connectivity index (χ1) is 19.4. The van der Waals surface area contributed by atoms with Crippen molar-refractivity contribution in [2.24, 2.45) is 0 Å². The van der Waals surface area contributed by atoms with Crippen molar-refractivity contribution in [2.75, 3.05) is 6.61 Å². The van der Waals surface area contributed by atoms with Crippen molar-refractivity contribution in [3.8, 4) is 5.75 Å². The lowest BCUT2D eigenvalue weighted by Gasteiger charge is -2.45. The molecule has 3 rings (SSSR count). The predicted molar refractivity (Wildman–Crippen MR) is 146 cm³/mol. The molecule has 2 heterocycles. The summed E-state index contributed by atoms with van der Waals surface area (Å²) in [5, 5.41) is 7.71. The Morgan fingerprint density at radius 2 is 1.76 bits per heavy atom. The Bertz CT molecular complexity index is 1360. The molecule has 1 aliphatic rings. The topological polar surface area (TPSA) is 149 Å². The number of carbonyl (C=O) groups is 4. The van der Waals surface area contributed by atoms with Gasteiger partial charge >= 0.3 is 17.9 Å². The van der Waals surface area contributed by atoms with Crippen LogP contribution in [0, 0.1) is 4.77 Å². The van der Waals surface area contributed by atoms with E-state index in [1.54, 1.807) is 34.9 Å². The highest BCUT2D eigenvalue weighted by molar-refractivity contribution is 7.71. The Labute approximate surface area is 246 Å². The quantitative estimate of drug-likeness (QED) is 0.173. The van der Waals surface area contributed by atoms with Crippen LogP contribution in [-0.4, -0.2) is 69.1 Å². The number of benzene rings is 1. The monoisotopic (exact) mass is 610 g/mol. The summed E-state index contributed by atoms with van der Waals surface area (Å²) in [6.07, 6.45) is -3.25. The molecule has 222 valence electrons. The smallest absolute Gasteiger partial charge is 0.303 e. The van der Waals surface area contributed by atoms with Gasteiger partial charge in [-0.05, 0) is 24.4 Å². The van der Waals surface area contributed by atoms with Gasteiger partial charge in [-0.1, -0.05) is 29.8 Å². The van der Waals surface area contributed by atoms with Crippen LogP contribution in [0.25, 0.3) is 0 Å². The Morgan fingerprint density at radius 3 is 2.34 bits per heavy atom. The lowest BCUT2D eigenvalue weighted by Crippen LogP contribution is -2.64. The van der Waals surface area contributed by atoms with Crippen LogP contribution in [0.2, 0.25) is 5.02 Å². The van der Waals surface area contributed by atoms with E-state index in [-0.39, 0.29) is 24.5 Å². The van der Waals surface area contributed by atoms with Gasteiger partial charge in [-0.2, -0.15) is 5.10 Å². The van der Waals surface area contributed by atoms with Gasteiger partial charge in [0, 0.05) is 34.2 Å². The number of ether oxygens (including phenoxy) is 5. The van der Waals surface area contributed by atoms with Gasteiger partial charge in [0.1, 0.15) is 31.1 Å². The Kier molecular flexibility index (Phi) is 11.0. The van der Waals surface area contributed by atoms with Crippen molar-refractivity contribution in [3.63, 3.8) is 0 Å². The molecule has 1 N–H and O–H groups in total. The molecule has 2 aromatic rings. The van der Waals surface area contributed by atoms with Crippen LogP contribution in [0.1, 0.15) is 39.7 Å². The van der Waals surface area contributed by atoms with Crippen LogP contribution in [-0.2, 0) is 51.3 Å². The minimum Gasteiger partial charge on any atom is -0.484 e. The minimum atomic E-state index is -1.27. The van der Waals surface area contributed by atoms with Gasteiger partial charge < -0.3 is 29.0 Å². The molecule has 1 saturated heterocycles. The predicted octanol–water partition coefficient (Wildman–Crippen LogP) is 2.66. The second-order valence-electron chi connectivity index (χ2n) is 9.00. The van der Waals surface area contributed by atoms with Gasteiger partial charge in [-0.25, -0.2) is 4.68 Å². The number of nitrogens with zero attached hydrogens (tertiary/aromatic N) is 3. The zero-order chi connectivity index (χ0) is 30.3. The number of hydrogen-bond acceptors (Lipinski definition) is 11. The molecule has 13 nitrogen and oxygen atoms in total. The number of aromatic nitrogens is 3. The Hall–Kier alpha value is -3.75. The van der Waals surface area contributed by atoms with E-state index in [0.29, 0.717) is 16.6 Å². The fraction of sp³-hybridized carbons (Fsp3) is 0.462. The summed E-state index contributed by atoms with van der Waals surface area (Å²) >= 11 is 11.9. The van der Waals surface area contributed by atoms with E-state index < -0.39 is 54.4 Å². The van der Waals surface area contributed by atoms with Gasteiger partial charge in [0.2, 0.25) is 10.7 Å². The number of hydrogen-bond donors (Lipinski definition) is 1. The molecular weight excluding hydrogens is 580 g/mol. The Morgan fingerprint density at radius 1 is 1.10 bits per heavy atom. The summed E-state index contributed by atoms with van der Waals surface area (Å²) in [5.74, 6) is -1.77. The number of para-hydroxylation sites is 1. The van der Waals surface area contributed by atoms with Gasteiger partial charge in [0.25, 0.3) is 0 Å². The molecule has 1 aromatic carbocycles. The number of halogens is 1. The van der Waals surface area contributed by atoms with Crippen LogP contribution in [0.3, 0.4) is 0 Å². The average Bonchev–Trinajstić information content (AvgIpc) is 3.19. The SMILES string of the molecule is C=CCn1c(COc2ccccc2Cl)nn([C@@H]2O[C@H](COC(C)=O)[C@@H](OC(C)=O)[C@H](OC(C)=O)[C@H]2NC(C)=O)c1=S. The fourth-order valence-corrected chi connectivity index (χ4v) is 4.78. The molecule has 1 aromatic heterocycles. The first-order valence-corrected chi connectivity index (χ1v) is 13.3. The largest absolute Gasteiger partial charge is 0.484 e. The van der Waals surface area contributed by atoms with Crippen LogP contribution in [0.15, 0.2) is 36.9 Å². The van der Waals surface area contributed by atoms with E-state index >= 15 is 0 Å². The van der Waals surface area contributed by atoms with Gasteiger partial charge in [-0.15, -0.1) is 6.58 Å². The van der Waals surface area contributed by atoms with Crippen molar-refractivity contribution >= 4 is 47.6 Å². The normalized spacial score (nSPS) is 21.8. The van der Waals surface area contributed by atoms with Crippen molar-refractivity contribution in [1.29, 1.82) is 0 Å². The number of esters is 3. The maximum Gasteiger partial charge on any atom is 0.303 e. The highest BCUT2D eigenvalue weighted by atomic mass is 35.5. The summed E-state index contributed by atoms with van der Waals surface area (Å²) in [6.45, 7) is 8.38. The summed E-state index contributed by atoms with van der Waals surface area (Å²) in [6, 6.07) is 5.77. The summed E-state index contributed by atoms with van der Waals surface area (Å²) in [4.78, 5) is 48.1. The maximum absolute atomic E-state index is 12.3. The standard InChI is InChI=1S/C26H31ClN4O9S/c1-6-11-30-21(13-37-19-10-8-7-9-18(19)27)29-31(26(30)41)25-22(28-14(2)32)24(39-17(5)35)23(38-16(4)34)20(40-25)12-36-15(3)33/h6-10,20,22-25H,1,11-13H2,2-5H3,(H,28,32)/t20-,22-,23-,24-,25-/m1/s1. The van der Waals surface area contributed by atoms with E-state index in [0.717, 1.165) is 13.8 Å². The summed E-state index contributed by atoms with van der Waals surface area (Å²) in [7, 11) is 0. The molecular formula is C26H31ClN4O9S. The van der Waals surface area contributed by atoms with Gasteiger partial charge in [0.05, 0.1) is 5.02 Å². The molecule has 5 atom stereocenters. The van der Waals surface area contributed by atoms with Gasteiger partial charge in [0.15, 0.2) is 24.3 Å². The van der Waals surface area contributed by atoms with Crippen molar-refractivity contribution in [3.05, 3.63) is 52.5 Å². The molecule has 0 saturated carbocycles. The molecule has 0 radical (unpaired) electrons. The number of carbonyl (C=O) groups excluding carboxylic acids is 4. The first kappa shape index (κ1) is 31.8. The van der Waals surface area contributed by atoms with Crippen molar-refractivity contribution in [1.82, 2.24) is 19.7 Å². The van der Waals surface area contributed by atoms with E-state index in [1.807, 2.05) is 0 Å². The lowest BCUT2D eigenvalue weighted by atomic mass is 9.95. The van der Waals surface area contributed by atoms with E-state index in [9.17, 15) is 19.2 Å². The zero-order valence-electron chi connectivity index (χ0n) is 22.9. The highest BCUT2D eigenvalue weighted by Crippen LogP contribution is 2.33. The number of rotatable bonds is 11. The third-order valence-electron chi connectivity index (χ3n) is 5.80. The van der Waals surface area contributed by atoms with Crippen molar-refractivity contribution in [2.45, 2.75) is 71.4 Å². The van der Waals surface area contributed by atoms with Crippen LogP contribution >= 0.6 is 23.8 Å². The molecule has 0 bridgehead atoms. The van der Waals surface area contributed by atoms with E-state index in [1.165, 1.54) is 18.5 Å². The van der Waals surface area contributed by atoms with E-state index in [2.05, 4.69) is 17.0 Å². The first-order valence-electron chi connectivity index (χ1n) is 12.5. The highest BCUT2D eigenvalue weighted by Gasteiger charge is 2.52. The molecule has 15 heteroatoms. The average molecular weight is 611 g/mol. The van der Waals surface area contributed by atoms with E-state index in [4.69, 9.17) is 47.5 Å². The number of nitrogens with one attached hydrogen (secondary N) is 1. The van der Waals surface area contributed by atoms with Crippen LogP contribution in [0.5, 0.6) is 5.75 Å². The zero-order valence-corrected chi connectivity index (χ0v) is 24.5. The van der Waals surface area contributed by atoms with Crippen LogP contribution in [0.4, 0.5) is 0 Å². The third kappa shape index (κ3) is 8.15. The molecule has 1 amide bonds. The fourth-order valence-electron chi connectivity index (χ4n) is 4.26. The third-order valence-corrected chi connectivity index (χ3v) is 6.52. The van der Waals surface area contributed by atoms with Crippen molar-refractivity contribution < 1.29 is 42.9 Å². The lowest BCUT2D eigenvalue weighted by molar-refractivity contribution is -0.239. The molecule has 0 unspecified atom stereocenters. The minimum absolute atomic E-state index is 0.0495. The molecule has 0 spiro atoms. The second kappa shape index (κ2) is 14.2. The van der Waals surface area contributed by atoms with Gasteiger partial charge in [-0.3, -0.25) is 23.7 Å². The summed E-state index contributed by atoms with van der Waals surface area (Å²) < 4.78 is 31.4. The number of allylic oxidation sites excluding steroid dienone is 1. The maximum atomic E-state index is 12.3. The second-order valence-corrected chi connectivity index (χ2v) is 9.78. The number of amides is 1. The molecule has 0 aliphatic carbocycles. The van der Waals surface area contributed by atoms with Crippen LogP contribution < -0.4 is 10.1 Å². The summed E-state index contributed by atoms with van der Waals surface area (Å²) in [5.41, 5.74) is 0. The molecule has 41 heavy (non-hydrogen) atoms. The molecule has 1 fully saturated rings. The molecule has 1 aliphatic heterocycles.